The Labute approximate surface area is 226 Å². The van der Waals surface area contributed by atoms with E-state index in [1.54, 1.807) is 0 Å². The minimum atomic E-state index is -2.17. The molecule has 0 aliphatic carbocycles. The highest BCUT2D eigenvalue weighted by Crippen LogP contribution is 2.55. The molecule has 1 fully saturated rings. The van der Waals surface area contributed by atoms with Gasteiger partial charge in [-0.25, -0.2) is 0 Å². The SMILES string of the molecule is NC(CSC1CC(=O)N(CC[P+](c2ccccc2)(c2ccccc2)c2ccccc2)C1=O)C(=O)O.[Br-]. The summed E-state index contributed by atoms with van der Waals surface area (Å²) in [7, 11) is -2.17. The molecule has 3 N–H and O–H groups in total. The molecular formula is C27H28BrN2O4PS. The number of nitrogens with two attached hydrogens (primary N) is 1. The molecule has 0 bridgehead atoms. The Hall–Kier alpha value is -2.51. The Morgan fingerprint density at radius 1 is 0.917 bits per heavy atom. The average molecular weight is 587 g/mol. The summed E-state index contributed by atoms with van der Waals surface area (Å²) in [4.78, 5) is 38.4. The smallest absolute Gasteiger partial charge is 0.321 e. The highest BCUT2D eigenvalue weighted by Gasteiger charge is 2.47. The van der Waals surface area contributed by atoms with Gasteiger partial charge in [0, 0.05) is 12.2 Å². The van der Waals surface area contributed by atoms with Gasteiger partial charge in [-0.15, -0.1) is 11.8 Å². The van der Waals surface area contributed by atoms with Crippen molar-refractivity contribution in [1.29, 1.82) is 0 Å². The lowest BCUT2D eigenvalue weighted by Gasteiger charge is -2.29. The molecule has 1 aliphatic rings. The second-order valence-electron chi connectivity index (χ2n) is 8.39. The maximum absolute atomic E-state index is 13.1. The molecule has 2 unspecified atom stereocenters. The van der Waals surface area contributed by atoms with Gasteiger partial charge in [0.05, 0.1) is 18.0 Å². The molecule has 0 saturated carbocycles. The summed E-state index contributed by atoms with van der Waals surface area (Å²) in [5.74, 6) is -1.51. The van der Waals surface area contributed by atoms with E-state index in [0.717, 1.165) is 11.8 Å². The molecule has 0 radical (unpaired) electrons. The van der Waals surface area contributed by atoms with Gasteiger partial charge in [-0.05, 0) is 36.4 Å². The predicted molar refractivity (Wildman–Crippen MR) is 143 cm³/mol. The number of rotatable bonds is 10. The zero-order valence-electron chi connectivity index (χ0n) is 19.6. The van der Waals surface area contributed by atoms with Crippen LogP contribution in [-0.2, 0) is 14.4 Å². The van der Waals surface area contributed by atoms with E-state index < -0.39 is 24.5 Å². The number of benzene rings is 3. The van der Waals surface area contributed by atoms with Gasteiger partial charge in [0.15, 0.2) is 0 Å². The third-order valence-electron chi connectivity index (χ3n) is 6.25. The van der Waals surface area contributed by atoms with Crippen molar-refractivity contribution in [3.05, 3.63) is 91.0 Å². The van der Waals surface area contributed by atoms with Crippen LogP contribution in [0.15, 0.2) is 91.0 Å². The standard InChI is InChI=1S/C27H27N2O4PS.BrH/c28-23(27(32)33)19-35-24-18-25(30)29(26(24)31)16-17-34(20-10-4-1-5-11-20,21-12-6-2-7-13-21)22-14-8-3-9-15-22;/h1-15,23-24H,16-19,28H2;1H. The molecule has 36 heavy (non-hydrogen) atoms. The van der Waals surface area contributed by atoms with Gasteiger partial charge in [0.2, 0.25) is 11.8 Å². The zero-order chi connectivity index (χ0) is 24.8. The van der Waals surface area contributed by atoms with Crippen LogP contribution in [0.5, 0.6) is 0 Å². The fraction of sp³-hybridized carbons (Fsp3) is 0.222. The zero-order valence-corrected chi connectivity index (χ0v) is 22.9. The van der Waals surface area contributed by atoms with Crippen molar-refractivity contribution in [3.8, 4) is 0 Å². The van der Waals surface area contributed by atoms with Gasteiger partial charge in [0.1, 0.15) is 29.2 Å². The highest BCUT2D eigenvalue weighted by molar-refractivity contribution is 8.00. The Kier molecular flexibility index (Phi) is 9.85. The molecule has 2 amide bonds. The number of carbonyl (C=O) groups is 3. The lowest BCUT2D eigenvalue weighted by Crippen LogP contribution is -3.00. The predicted octanol–water partition coefficient (Wildman–Crippen LogP) is -0.743. The van der Waals surface area contributed by atoms with Gasteiger partial charge in [-0.2, -0.15) is 0 Å². The molecule has 3 aromatic carbocycles. The number of thioether (sulfide) groups is 1. The van der Waals surface area contributed by atoms with Crippen molar-refractivity contribution in [1.82, 2.24) is 4.90 Å². The largest absolute Gasteiger partial charge is 1.00 e. The molecule has 3 aromatic rings. The molecule has 188 valence electrons. The van der Waals surface area contributed by atoms with E-state index in [0.29, 0.717) is 12.7 Å². The number of hydrogen-bond donors (Lipinski definition) is 2. The van der Waals surface area contributed by atoms with Gasteiger partial charge in [-0.1, -0.05) is 54.6 Å². The summed E-state index contributed by atoms with van der Waals surface area (Å²) in [6, 6.07) is 29.9. The van der Waals surface area contributed by atoms with Crippen molar-refractivity contribution in [2.45, 2.75) is 17.7 Å². The third-order valence-corrected chi connectivity index (χ3v) is 12.0. The fourth-order valence-electron chi connectivity index (χ4n) is 4.44. The molecule has 1 aliphatic heterocycles. The number of amides is 2. The second kappa shape index (κ2) is 12.6. The van der Waals surface area contributed by atoms with Crippen LogP contribution in [0.25, 0.3) is 0 Å². The van der Waals surface area contributed by atoms with E-state index in [1.165, 1.54) is 20.8 Å². The first-order valence-corrected chi connectivity index (χ1v) is 14.4. The van der Waals surface area contributed by atoms with Crippen LogP contribution in [0.3, 0.4) is 0 Å². The number of likely N-dealkylation sites (tertiary alicyclic amines) is 1. The summed E-state index contributed by atoms with van der Waals surface area (Å²) in [5, 5.41) is 12.0. The quantitative estimate of drug-likeness (QED) is 0.240. The lowest BCUT2D eigenvalue weighted by molar-refractivity contribution is -0.139. The number of hydrogen-bond acceptors (Lipinski definition) is 5. The molecule has 4 rings (SSSR count). The van der Waals surface area contributed by atoms with Crippen LogP contribution in [-0.4, -0.2) is 57.5 Å². The van der Waals surface area contributed by atoms with Gasteiger partial charge in [0.25, 0.3) is 0 Å². The van der Waals surface area contributed by atoms with Gasteiger partial charge in [-0.3, -0.25) is 19.3 Å². The monoisotopic (exact) mass is 586 g/mol. The molecule has 1 saturated heterocycles. The Bertz CT molecular complexity index is 1090. The van der Waals surface area contributed by atoms with E-state index in [-0.39, 0.29) is 41.0 Å². The number of aliphatic carboxylic acids is 1. The average Bonchev–Trinajstić information content (AvgIpc) is 3.17. The summed E-state index contributed by atoms with van der Waals surface area (Å²) in [5.41, 5.74) is 5.59. The normalized spacial score (nSPS) is 16.5. The van der Waals surface area contributed by atoms with Gasteiger partial charge < -0.3 is 27.8 Å². The second-order valence-corrected chi connectivity index (χ2v) is 13.2. The Balaban J connectivity index is 0.00000361. The van der Waals surface area contributed by atoms with E-state index in [4.69, 9.17) is 10.8 Å². The number of carboxylic acids is 1. The Morgan fingerprint density at radius 3 is 1.78 bits per heavy atom. The van der Waals surface area contributed by atoms with E-state index in [1.807, 2.05) is 54.6 Å². The van der Waals surface area contributed by atoms with Crippen LogP contribution in [0.4, 0.5) is 0 Å². The maximum atomic E-state index is 13.1. The minimum Gasteiger partial charge on any atom is -1.00 e. The summed E-state index contributed by atoms with van der Waals surface area (Å²) >= 11 is 1.15. The number of nitrogens with zero attached hydrogens (tertiary/aromatic N) is 1. The van der Waals surface area contributed by atoms with Crippen molar-refractivity contribution < 1.29 is 36.5 Å². The molecule has 0 spiro atoms. The molecule has 9 heteroatoms. The van der Waals surface area contributed by atoms with Crippen molar-refractivity contribution in [2.24, 2.45) is 5.73 Å². The molecule has 2 atom stereocenters. The van der Waals surface area contributed by atoms with Crippen molar-refractivity contribution in [2.75, 3.05) is 18.5 Å². The van der Waals surface area contributed by atoms with E-state index in [2.05, 4.69) is 36.4 Å². The first kappa shape index (κ1) is 28.1. The molecule has 6 nitrogen and oxygen atoms in total. The van der Waals surface area contributed by atoms with Crippen LogP contribution in [0.2, 0.25) is 0 Å². The number of carboxylic acid groups (broad SMARTS) is 1. The molecule has 0 aromatic heterocycles. The van der Waals surface area contributed by atoms with Crippen molar-refractivity contribution >= 4 is 52.7 Å². The summed E-state index contributed by atoms with van der Waals surface area (Å²) in [6.07, 6.45) is 0.692. The third kappa shape index (κ3) is 5.89. The number of carbonyl (C=O) groups excluding carboxylic acids is 2. The van der Waals surface area contributed by atoms with Crippen LogP contribution < -0.4 is 38.6 Å². The molecular weight excluding hydrogens is 559 g/mol. The number of imide groups is 1. The minimum absolute atomic E-state index is 0. The Morgan fingerprint density at radius 2 is 1.36 bits per heavy atom. The first-order valence-electron chi connectivity index (χ1n) is 11.4. The molecule has 1 heterocycles. The van der Waals surface area contributed by atoms with Crippen LogP contribution in [0, 0.1) is 0 Å². The summed E-state index contributed by atoms with van der Waals surface area (Å²) < 4.78 is 0. The topological polar surface area (TPSA) is 101 Å². The lowest BCUT2D eigenvalue weighted by atomic mass is 10.3. The first-order chi connectivity index (χ1) is 16.9. The maximum Gasteiger partial charge on any atom is 0.321 e. The van der Waals surface area contributed by atoms with E-state index >= 15 is 0 Å². The van der Waals surface area contributed by atoms with Crippen molar-refractivity contribution in [3.63, 3.8) is 0 Å². The van der Waals surface area contributed by atoms with Crippen LogP contribution in [0.1, 0.15) is 6.42 Å². The fourth-order valence-corrected chi connectivity index (χ4v) is 9.77. The number of halogens is 1. The van der Waals surface area contributed by atoms with Crippen LogP contribution >= 0.6 is 19.0 Å². The highest BCUT2D eigenvalue weighted by atomic mass is 79.9. The van der Waals surface area contributed by atoms with Gasteiger partial charge >= 0.3 is 5.97 Å². The summed E-state index contributed by atoms with van der Waals surface area (Å²) in [6.45, 7) is 0.298. The van der Waals surface area contributed by atoms with E-state index in [9.17, 15) is 14.4 Å².